The number of hydrogen-bond donors (Lipinski definition) is 2. The number of thioether (sulfide) groups is 1. The van der Waals surface area contributed by atoms with Crippen molar-refractivity contribution in [1.82, 2.24) is 10.2 Å². The third kappa shape index (κ3) is 2.21. The highest BCUT2D eigenvalue weighted by Gasteiger charge is 2.14. The minimum Gasteiger partial charge on any atom is -0.477 e. The Morgan fingerprint density at radius 3 is 2.39 bits per heavy atom. The Labute approximate surface area is 105 Å². The quantitative estimate of drug-likeness (QED) is 0.842. The van der Waals surface area contributed by atoms with Gasteiger partial charge in [0.2, 0.25) is 0 Å². The van der Waals surface area contributed by atoms with Crippen LogP contribution in [-0.4, -0.2) is 27.5 Å². The summed E-state index contributed by atoms with van der Waals surface area (Å²) in [6.07, 6.45) is 1.57. The van der Waals surface area contributed by atoms with Crippen LogP contribution in [0.3, 0.4) is 0 Å². The van der Waals surface area contributed by atoms with Gasteiger partial charge < -0.3 is 5.11 Å². The number of hydrogen-bond acceptors (Lipinski definition) is 3. The number of nitrogens with zero attached hydrogens (tertiary/aromatic N) is 1. The summed E-state index contributed by atoms with van der Waals surface area (Å²) in [6.45, 7) is 0. The fourth-order valence-corrected chi connectivity index (χ4v) is 1.99. The van der Waals surface area contributed by atoms with Gasteiger partial charge in [-0.25, -0.2) is 13.6 Å². The molecule has 0 aliphatic rings. The van der Waals surface area contributed by atoms with Crippen molar-refractivity contribution in [3.63, 3.8) is 0 Å². The zero-order valence-electron chi connectivity index (χ0n) is 9.20. The van der Waals surface area contributed by atoms with Gasteiger partial charge in [-0.1, -0.05) is 0 Å². The first-order chi connectivity index (χ1) is 8.52. The lowest BCUT2D eigenvalue weighted by atomic mass is 10.1. The maximum atomic E-state index is 13.5. The summed E-state index contributed by atoms with van der Waals surface area (Å²) in [6, 6.07) is 3.46. The van der Waals surface area contributed by atoms with Crippen LogP contribution < -0.4 is 0 Å². The van der Waals surface area contributed by atoms with Crippen molar-refractivity contribution in [2.75, 3.05) is 6.26 Å². The second kappa shape index (κ2) is 4.77. The minimum absolute atomic E-state index is 0.0762. The third-order valence-electron chi connectivity index (χ3n) is 2.31. The van der Waals surface area contributed by atoms with E-state index in [2.05, 4.69) is 10.2 Å². The molecule has 1 aromatic carbocycles. The van der Waals surface area contributed by atoms with E-state index in [4.69, 9.17) is 5.11 Å². The third-order valence-corrected chi connectivity index (χ3v) is 3.10. The number of aromatic nitrogens is 2. The van der Waals surface area contributed by atoms with E-state index in [9.17, 15) is 13.6 Å². The molecule has 0 atom stereocenters. The molecule has 0 saturated heterocycles. The molecule has 94 valence electrons. The molecule has 0 bridgehead atoms. The first-order valence-corrected chi connectivity index (χ1v) is 6.07. The first-order valence-electron chi connectivity index (χ1n) is 4.85. The number of benzene rings is 1. The Morgan fingerprint density at radius 2 is 1.94 bits per heavy atom. The zero-order chi connectivity index (χ0) is 13.3. The van der Waals surface area contributed by atoms with Crippen LogP contribution in [0.5, 0.6) is 0 Å². The van der Waals surface area contributed by atoms with Crippen molar-refractivity contribution in [2.24, 2.45) is 0 Å². The number of carbonyl (C=O) groups is 1. The molecule has 0 unspecified atom stereocenters. The molecule has 0 saturated carbocycles. The molecule has 0 spiro atoms. The Kier molecular flexibility index (Phi) is 3.33. The molecule has 2 aromatic rings. The lowest BCUT2D eigenvalue weighted by Crippen LogP contribution is -1.95. The van der Waals surface area contributed by atoms with Gasteiger partial charge in [-0.3, -0.25) is 5.10 Å². The molecular formula is C11H8F2N2O2S. The standard InChI is InChI=1S/C11H8F2N2O2S/c1-18-10-6(12)2-5(3-7(10)13)8-4-9(11(16)17)15-14-8/h2-4H,1H3,(H,14,15)(H,16,17). The van der Waals surface area contributed by atoms with Crippen molar-refractivity contribution in [1.29, 1.82) is 0 Å². The van der Waals surface area contributed by atoms with Crippen LogP contribution in [0, 0.1) is 11.6 Å². The molecule has 2 rings (SSSR count). The smallest absolute Gasteiger partial charge is 0.353 e. The number of carboxylic acid groups (broad SMARTS) is 1. The minimum atomic E-state index is -1.18. The monoisotopic (exact) mass is 270 g/mol. The van der Waals surface area contributed by atoms with E-state index < -0.39 is 17.6 Å². The van der Waals surface area contributed by atoms with E-state index in [0.717, 1.165) is 23.9 Å². The predicted octanol–water partition coefficient (Wildman–Crippen LogP) is 2.78. The van der Waals surface area contributed by atoms with Crippen LogP contribution in [0.4, 0.5) is 8.78 Å². The number of carboxylic acids is 1. The van der Waals surface area contributed by atoms with E-state index in [1.807, 2.05) is 0 Å². The molecule has 0 radical (unpaired) electrons. The summed E-state index contributed by atoms with van der Waals surface area (Å²) in [7, 11) is 0. The molecule has 2 N–H and O–H groups in total. The summed E-state index contributed by atoms with van der Waals surface area (Å²) in [5.74, 6) is -2.58. The predicted molar refractivity (Wildman–Crippen MR) is 62.7 cm³/mol. The average molecular weight is 270 g/mol. The summed E-state index contributed by atoms with van der Waals surface area (Å²) in [5, 5.41) is 14.7. The molecular weight excluding hydrogens is 262 g/mol. The van der Waals surface area contributed by atoms with Crippen LogP contribution in [0.15, 0.2) is 23.1 Å². The molecule has 18 heavy (non-hydrogen) atoms. The molecule has 0 aliphatic carbocycles. The molecule has 1 heterocycles. The van der Waals surface area contributed by atoms with E-state index in [-0.39, 0.29) is 21.8 Å². The molecule has 0 amide bonds. The SMILES string of the molecule is CSc1c(F)cc(-c2cc(C(=O)O)[nH]n2)cc1F. The van der Waals surface area contributed by atoms with E-state index in [1.165, 1.54) is 6.07 Å². The maximum absolute atomic E-state index is 13.5. The van der Waals surface area contributed by atoms with Gasteiger partial charge in [0.15, 0.2) is 0 Å². The van der Waals surface area contributed by atoms with Gasteiger partial charge in [0.1, 0.15) is 17.3 Å². The van der Waals surface area contributed by atoms with Crippen molar-refractivity contribution in [2.45, 2.75) is 4.90 Å². The van der Waals surface area contributed by atoms with Crippen LogP contribution in [0.25, 0.3) is 11.3 Å². The fraction of sp³-hybridized carbons (Fsp3) is 0.0909. The van der Waals surface area contributed by atoms with Crippen LogP contribution in [-0.2, 0) is 0 Å². The second-order valence-electron chi connectivity index (χ2n) is 3.45. The van der Waals surface area contributed by atoms with Crippen LogP contribution in [0.1, 0.15) is 10.5 Å². The highest BCUT2D eigenvalue weighted by Crippen LogP contribution is 2.28. The molecule has 1 aromatic heterocycles. The Bertz CT molecular complexity index is 590. The van der Waals surface area contributed by atoms with Gasteiger partial charge >= 0.3 is 5.97 Å². The summed E-state index contributed by atoms with van der Waals surface area (Å²) >= 11 is 0.964. The lowest BCUT2D eigenvalue weighted by Gasteiger charge is -2.03. The number of halogens is 2. The normalized spacial score (nSPS) is 10.6. The number of nitrogens with one attached hydrogen (secondary N) is 1. The second-order valence-corrected chi connectivity index (χ2v) is 4.26. The lowest BCUT2D eigenvalue weighted by molar-refractivity contribution is 0.0690. The van der Waals surface area contributed by atoms with Crippen molar-refractivity contribution in [3.8, 4) is 11.3 Å². The van der Waals surface area contributed by atoms with Gasteiger partial charge in [0, 0.05) is 5.56 Å². The molecule has 0 aliphatic heterocycles. The van der Waals surface area contributed by atoms with E-state index in [1.54, 1.807) is 6.26 Å². The molecule has 4 nitrogen and oxygen atoms in total. The molecule has 7 heteroatoms. The van der Waals surface area contributed by atoms with Gasteiger partial charge in [0.25, 0.3) is 0 Å². The first kappa shape index (κ1) is 12.6. The number of H-pyrrole nitrogens is 1. The Morgan fingerprint density at radius 1 is 1.33 bits per heavy atom. The summed E-state index contributed by atoms with van der Waals surface area (Å²) < 4.78 is 27.1. The van der Waals surface area contributed by atoms with Crippen LogP contribution >= 0.6 is 11.8 Å². The van der Waals surface area contributed by atoms with E-state index in [0.29, 0.717) is 0 Å². The van der Waals surface area contributed by atoms with Crippen LogP contribution in [0.2, 0.25) is 0 Å². The number of rotatable bonds is 3. The van der Waals surface area contributed by atoms with Crippen molar-refractivity contribution < 1.29 is 18.7 Å². The summed E-state index contributed by atoms with van der Waals surface area (Å²) in [4.78, 5) is 10.6. The topological polar surface area (TPSA) is 66.0 Å². The van der Waals surface area contributed by atoms with Crippen molar-refractivity contribution >= 4 is 17.7 Å². The number of aromatic amines is 1. The maximum Gasteiger partial charge on any atom is 0.353 e. The average Bonchev–Trinajstić information content (AvgIpc) is 2.77. The Balaban J connectivity index is 2.47. The van der Waals surface area contributed by atoms with Crippen molar-refractivity contribution in [3.05, 3.63) is 35.5 Å². The fourth-order valence-electron chi connectivity index (χ4n) is 1.48. The summed E-state index contributed by atoms with van der Waals surface area (Å²) in [5.41, 5.74) is 0.226. The number of aromatic carboxylic acids is 1. The van der Waals surface area contributed by atoms with Gasteiger partial charge in [-0.2, -0.15) is 5.10 Å². The van der Waals surface area contributed by atoms with E-state index >= 15 is 0 Å². The Hall–Kier alpha value is -1.89. The zero-order valence-corrected chi connectivity index (χ0v) is 10.0. The molecule has 0 fully saturated rings. The highest BCUT2D eigenvalue weighted by atomic mass is 32.2. The van der Waals surface area contributed by atoms with Gasteiger partial charge in [-0.15, -0.1) is 11.8 Å². The van der Waals surface area contributed by atoms with Gasteiger partial charge in [-0.05, 0) is 24.5 Å². The largest absolute Gasteiger partial charge is 0.477 e. The van der Waals surface area contributed by atoms with Gasteiger partial charge in [0.05, 0.1) is 10.6 Å². The highest BCUT2D eigenvalue weighted by molar-refractivity contribution is 7.98.